The topological polar surface area (TPSA) is 9.86 Å². The van der Waals surface area contributed by atoms with Gasteiger partial charge in [0, 0.05) is 14.1 Å². The number of rotatable bonds is 0. The van der Waals surface area contributed by atoms with Crippen LogP contribution in [-0.4, -0.2) is 9.13 Å². The average molecular weight is 348 g/mol. The number of nitrogens with zero attached hydrogens (tertiary/aromatic N) is 2. The number of hydrogen-bond donors (Lipinski definition) is 0. The molecule has 3 aromatic carbocycles. The molecule has 0 radical (unpaired) electrons. The zero-order chi connectivity index (χ0) is 16.3. The van der Waals surface area contributed by atoms with Crippen molar-refractivity contribution in [2.45, 2.75) is 0 Å². The van der Waals surface area contributed by atoms with E-state index in [2.05, 4.69) is 83.9 Å². The number of hydrogen-bond acceptors (Lipinski definition) is 2. The molecule has 0 aliphatic heterocycles. The van der Waals surface area contributed by atoms with Crippen LogP contribution in [0.15, 0.2) is 60.7 Å². The van der Waals surface area contributed by atoms with Crippen molar-refractivity contribution >= 4 is 63.5 Å². The Bertz CT molecular complexity index is 1180. The second-order valence-electron chi connectivity index (χ2n) is 6.05. The summed E-state index contributed by atoms with van der Waals surface area (Å²) in [6.07, 6.45) is 0. The summed E-state index contributed by atoms with van der Waals surface area (Å²) in [6, 6.07) is 21.9. The van der Waals surface area contributed by atoms with Gasteiger partial charge in [0.05, 0.1) is 40.9 Å². The van der Waals surface area contributed by atoms with Crippen LogP contribution in [0, 0.1) is 0 Å². The van der Waals surface area contributed by atoms with Crippen LogP contribution < -0.4 is 0 Å². The predicted molar refractivity (Wildman–Crippen MR) is 108 cm³/mol. The Labute approximate surface area is 147 Å². The van der Waals surface area contributed by atoms with E-state index in [-0.39, 0.29) is 0 Å². The van der Waals surface area contributed by atoms with Crippen LogP contribution in [0.4, 0.5) is 0 Å². The van der Waals surface area contributed by atoms with Crippen LogP contribution in [0.1, 0.15) is 0 Å². The van der Waals surface area contributed by atoms with Gasteiger partial charge in [-0.15, -0.1) is 22.7 Å². The van der Waals surface area contributed by atoms with E-state index in [0.29, 0.717) is 0 Å². The molecule has 0 fully saturated rings. The Kier molecular flexibility index (Phi) is 2.99. The molecule has 24 heavy (non-hydrogen) atoms. The Hall–Kier alpha value is -2.30. The second kappa shape index (κ2) is 5.10. The van der Waals surface area contributed by atoms with Crippen LogP contribution in [-0.2, 0) is 14.1 Å². The van der Waals surface area contributed by atoms with Gasteiger partial charge in [0.15, 0.2) is 0 Å². The molecule has 0 amide bonds. The summed E-state index contributed by atoms with van der Waals surface area (Å²) >= 11 is 3.73. The molecule has 0 saturated carbocycles. The number of aromatic nitrogens is 2. The van der Waals surface area contributed by atoms with Gasteiger partial charge in [-0.05, 0) is 36.4 Å². The molecule has 118 valence electrons. The SMILES string of the molecule is Cn1c2ccccc2sc2cc3c(cc21)sc1ccccc1n3C. The first-order chi connectivity index (χ1) is 11.7. The van der Waals surface area contributed by atoms with Crippen LogP contribution >= 0.6 is 22.7 Å². The van der Waals surface area contributed by atoms with Crippen molar-refractivity contribution in [3.8, 4) is 0 Å². The van der Waals surface area contributed by atoms with E-state index in [4.69, 9.17) is 0 Å². The number of aryl methyl sites for hydroxylation is 2. The standard InChI is InChI=1S/C20H16N2S2/c1-21-13-7-3-5-9-17(13)23-19-12-16-20(11-15(19)21)24-18-10-6-4-8-14(18)22(16)2/h3-12H,1-2H3. The average Bonchev–Trinajstić information content (AvgIpc) is 2.62. The van der Waals surface area contributed by atoms with E-state index in [1.54, 1.807) is 0 Å². The van der Waals surface area contributed by atoms with Crippen molar-refractivity contribution in [1.82, 2.24) is 9.13 Å². The number of fused-ring (bicyclic) bond motifs is 4. The fraction of sp³-hybridized carbons (Fsp3) is 0.100. The first-order valence-electron chi connectivity index (χ1n) is 7.91. The Morgan fingerprint density at radius 1 is 0.542 bits per heavy atom. The normalized spacial score (nSPS) is 11.8. The first kappa shape index (κ1) is 14.1. The molecule has 0 spiro atoms. The van der Waals surface area contributed by atoms with Gasteiger partial charge >= 0.3 is 0 Å². The number of benzene rings is 3. The largest absolute Gasteiger partial charge is 0.342 e. The molecule has 0 unspecified atom stereocenters. The maximum Gasteiger partial charge on any atom is 0.0599 e. The third kappa shape index (κ3) is 1.93. The van der Waals surface area contributed by atoms with E-state index in [1.807, 2.05) is 22.7 Å². The summed E-state index contributed by atoms with van der Waals surface area (Å²) in [6.45, 7) is 0. The van der Waals surface area contributed by atoms with Gasteiger partial charge in [0.1, 0.15) is 0 Å². The van der Waals surface area contributed by atoms with E-state index >= 15 is 0 Å². The maximum absolute atomic E-state index is 2.34. The van der Waals surface area contributed by atoms with Crippen molar-refractivity contribution in [2.75, 3.05) is 0 Å². The monoisotopic (exact) mass is 348 g/mol. The summed E-state index contributed by atoms with van der Waals surface area (Å²) in [7, 11) is 4.32. The lowest BCUT2D eigenvalue weighted by atomic mass is 10.2. The molecule has 5 aromatic rings. The molecule has 0 N–H and O–H groups in total. The van der Waals surface area contributed by atoms with Gasteiger partial charge in [0.2, 0.25) is 0 Å². The van der Waals surface area contributed by atoms with Gasteiger partial charge in [0.25, 0.3) is 0 Å². The lowest BCUT2D eigenvalue weighted by molar-refractivity contribution is 1.00. The smallest absolute Gasteiger partial charge is 0.0599 e. The Morgan fingerprint density at radius 3 is 1.42 bits per heavy atom. The van der Waals surface area contributed by atoms with E-state index in [9.17, 15) is 0 Å². The van der Waals surface area contributed by atoms with Gasteiger partial charge in [-0.1, -0.05) is 24.3 Å². The summed E-state index contributed by atoms with van der Waals surface area (Å²) in [5, 5.41) is 0. The maximum atomic E-state index is 2.34. The fourth-order valence-corrected chi connectivity index (χ4v) is 5.69. The Morgan fingerprint density at radius 2 is 0.958 bits per heavy atom. The molecule has 4 heteroatoms. The van der Waals surface area contributed by atoms with Crippen LogP contribution in [0.3, 0.4) is 0 Å². The molecule has 5 rings (SSSR count). The molecule has 2 aromatic heterocycles. The lowest BCUT2D eigenvalue weighted by Crippen LogP contribution is -1.97. The minimum Gasteiger partial charge on any atom is -0.342 e. The highest BCUT2D eigenvalue weighted by molar-refractivity contribution is 7.25. The quantitative estimate of drug-likeness (QED) is 0.294. The lowest BCUT2D eigenvalue weighted by Gasteiger charge is -2.14. The molecule has 0 saturated heterocycles. The van der Waals surface area contributed by atoms with Crippen molar-refractivity contribution in [3.05, 3.63) is 60.7 Å². The van der Waals surface area contributed by atoms with Crippen LogP contribution in [0.2, 0.25) is 0 Å². The highest BCUT2D eigenvalue weighted by Gasteiger charge is 2.09. The minimum atomic E-state index is 1.28. The van der Waals surface area contributed by atoms with Crippen molar-refractivity contribution in [3.63, 3.8) is 0 Å². The molecular weight excluding hydrogens is 332 g/mol. The molecule has 2 nitrogen and oxygen atoms in total. The highest BCUT2D eigenvalue weighted by Crippen LogP contribution is 2.34. The zero-order valence-electron chi connectivity index (χ0n) is 13.5. The van der Waals surface area contributed by atoms with Gasteiger partial charge < -0.3 is 9.13 Å². The summed E-state index contributed by atoms with van der Waals surface area (Å²) in [4.78, 5) is 0. The Balaban J connectivity index is 2.01. The third-order valence-electron chi connectivity index (χ3n) is 4.66. The van der Waals surface area contributed by atoms with E-state index in [0.717, 1.165) is 0 Å². The number of para-hydroxylation sites is 2. The predicted octanol–water partition coefficient (Wildman–Crippen LogP) is 6.22. The van der Waals surface area contributed by atoms with Crippen molar-refractivity contribution in [1.29, 1.82) is 0 Å². The van der Waals surface area contributed by atoms with Crippen molar-refractivity contribution in [2.24, 2.45) is 14.1 Å². The summed E-state index contributed by atoms with van der Waals surface area (Å²) in [5.74, 6) is 0. The first-order valence-corrected chi connectivity index (χ1v) is 9.55. The van der Waals surface area contributed by atoms with E-state index < -0.39 is 0 Å². The molecule has 0 atom stereocenters. The van der Waals surface area contributed by atoms with Gasteiger partial charge in [-0.2, -0.15) is 0 Å². The van der Waals surface area contributed by atoms with Gasteiger partial charge in [-0.25, -0.2) is 0 Å². The van der Waals surface area contributed by atoms with Crippen LogP contribution in [0.25, 0.3) is 40.9 Å². The summed E-state index contributed by atoms with van der Waals surface area (Å²) < 4.78 is 9.90. The van der Waals surface area contributed by atoms with Crippen molar-refractivity contribution < 1.29 is 0 Å². The minimum absolute atomic E-state index is 1.28. The van der Waals surface area contributed by atoms with Gasteiger partial charge in [-0.3, -0.25) is 0 Å². The third-order valence-corrected chi connectivity index (χ3v) is 6.88. The molecular formula is C20H16N2S2. The van der Waals surface area contributed by atoms with Crippen LogP contribution in [0.5, 0.6) is 0 Å². The van der Waals surface area contributed by atoms with E-state index in [1.165, 1.54) is 40.9 Å². The molecule has 0 aliphatic rings. The zero-order valence-corrected chi connectivity index (χ0v) is 15.1. The molecule has 0 aliphatic carbocycles. The molecule has 2 heterocycles. The molecule has 0 bridgehead atoms. The highest BCUT2D eigenvalue weighted by atomic mass is 32.1. The fourth-order valence-electron chi connectivity index (χ4n) is 3.36. The summed E-state index contributed by atoms with van der Waals surface area (Å²) in [5.41, 5.74) is 5.14. The second-order valence-corrected chi connectivity index (χ2v) is 8.21.